The number of aliphatic hydroxyl groups is 1. The predicted molar refractivity (Wildman–Crippen MR) is 136 cm³/mol. The normalized spacial score (nSPS) is 22.7. The van der Waals surface area contributed by atoms with E-state index in [0.29, 0.717) is 36.9 Å². The summed E-state index contributed by atoms with van der Waals surface area (Å²) in [4.78, 5) is 14.5. The number of aryl methyl sites for hydroxylation is 1. The van der Waals surface area contributed by atoms with Crippen LogP contribution in [-0.4, -0.2) is 52.5 Å². The molecule has 1 unspecified atom stereocenters. The van der Waals surface area contributed by atoms with Crippen LogP contribution in [0.2, 0.25) is 0 Å². The lowest BCUT2D eigenvalue weighted by Gasteiger charge is -2.22. The number of anilines is 2. The molecule has 4 atom stereocenters. The van der Waals surface area contributed by atoms with E-state index in [4.69, 9.17) is 19.7 Å². The molecule has 8 heteroatoms. The zero-order valence-corrected chi connectivity index (χ0v) is 20.8. The van der Waals surface area contributed by atoms with Gasteiger partial charge in [0, 0.05) is 25.8 Å². The van der Waals surface area contributed by atoms with E-state index >= 15 is 0 Å². The van der Waals surface area contributed by atoms with Crippen LogP contribution in [0.5, 0.6) is 0 Å². The van der Waals surface area contributed by atoms with E-state index in [9.17, 15) is 5.11 Å². The van der Waals surface area contributed by atoms with Gasteiger partial charge >= 0.3 is 0 Å². The summed E-state index contributed by atoms with van der Waals surface area (Å²) >= 11 is 1.66. The van der Waals surface area contributed by atoms with Crippen LogP contribution in [0.15, 0.2) is 24.3 Å². The molecule has 4 rings (SSSR count). The molecule has 1 aliphatic carbocycles. The van der Waals surface area contributed by atoms with Gasteiger partial charge in [0.25, 0.3) is 0 Å². The van der Waals surface area contributed by atoms with Crippen molar-refractivity contribution in [3.63, 3.8) is 0 Å². The smallest absolute Gasteiger partial charge is 0.224 e. The topological polar surface area (TPSA) is 92.2 Å². The van der Waals surface area contributed by atoms with E-state index in [1.54, 1.807) is 11.3 Å². The number of nitrogens with zero attached hydrogens (tertiary/aromatic N) is 3. The van der Waals surface area contributed by atoms with Gasteiger partial charge in [0.15, 0.2) is 0 Å². The first-order chi connectivity index (χ1) is 16.0. The van der Waals surface area contributed by atoms with Crippen molar-refractivity contribution in [1.82, 2.24) is 15.0 Å². The van der Waals surface area contributed by atoms with Gasteiger partial charge in [-0.05, 0) is 49.7 Å². The highest BCUT2D eigenvalue weighted by Crippen LogP contribution is 2.41. The average molecular weight is 470 g/mol. The Labute approximate surface area is 200 Å². The second-order valence-electron chi connectivity index (χ2n) is 9.03. The molecule has 3 N–H and O–H groups in total. The van der Waals surface area contributed by atoms with Gasteiger partial charge in [-0.1, -0.05) is 32.9 Å². The van der Waals surface area contributed by atoms with Crippen LogP contribution in [0.4, 0.5) is 11.8 Å². The van der Waals surface area contributed by atoms with Crippen LogP contribution in [0, 0.1) is 24.7 Å². The molecule has 1 fully saturated rings. The summed E-state index contributed by atoms with van der Waals surface area (Å²) in [6, 6.07) is 8.42. The molecule has 0 amide bonds. The zero-order valence-electron chi connectivity index (χ0n) is 20.0. The molecule has 178 valence electrons. The number of nitrogens with one attached hydrogen (secondary N) is 2. The fraction of sp³-hybridized carbons (Fsp3) is 0.560. The highest BCUT2D eigenvalue weighted by atomic mass is 32.1. The lowest BCUT2D eigenvalue weighted by atomic mass is 9.92. The van der Waals surface area contributed by atoms with Crippen LogP contribution >= 0.6 is 11.3 Å². The lowest BCUT2D eigenvalue weighted by molar-refractivity contribution is 0.144. The Morgan fingerprint density at radius 2 is 1.94 bits per heavy atom. The number of hydrogen-bond acceptors (Lipinski definition) is 8. The minimum atomic E-state index is 0.224. The minimum absolute atomic E-state index is 0.224. The van der Waals surface area contributed by atoms with Crippen molar-refractivity contribution < 1.29 is 9.84 Å². The van der Waals surface area contributed by atoms with Gasteiger partial charge in [-0.2, -0.15) is 4.98 Å². The molecule has 1 saturated carbocycles. The van der Waals surface area contributed by atoms with E-state index < -0.39 is 0 Å². The van der Waals surface area contributed by atoms with Gasteiger partial charge in [0.2, 0.25) is 5.95 Å². The van der Waals surface area contributed by atoms with Crippen LogP contribution in [0.25, 0.3) is 20.8 Å². The first kappa shape index (κ1) is 23.9. The number of benzene rings is 1. The van der Waals surface area contributed by atoms with E-state index in [1.807, 2.05) is 25.1 Å². The summed E-state index contributed by atoms with van der Waals surface area (Å²) in [7, 11) is 0. The Hall–Kier alpha value is -2.29. The van der Waals surface area contributed by atoms with Crippen molar-refractivity contribution in [2.45, 2.75) is 46.6 Å². The van der Waals surface area contributed by atoms with Crippen molar-refractivity contribution in [3.8, 4) is 10.6 Å². The lowest BCUT2D eigenvalue weighted by Crippen LogP contribution is -2.25. The van der Waals surface area contributed by atoms with E-state index in [2.05, 4.69) is 37.5 Å². The third-order valence-electron chi connectivity index (χ3n) is 6.80. The Morgan fingerprint density at radius 3 is 2.67 bits per heavy atom. The van der Waals surface area contributed by atoms with Crippen LogP contribution < -0.4 is 10.6 Å². The summed E-state index contributed by atoms with van der Waals surface area (Å²) in [5.41, 5.74) is 2.83. The Balaban J connectivity index is 1.65. The van der Waals surface area contributed by atoms with Crippen molar-refractivity contribution >= 4 is 33.3 Å². The SMILES string of the molecule is CCCOCCNc1nc(C)c(-c2nc3ccccc3s2)c(NC2C[C@H](CO)[C@@H](C)[C@H]2C)n1. The maximum atomic E-state index is 9.81. The monoisotopic (exact) mass is 469 g/mol. The van der Waals surface area contributed by atoms with Crippen molar-refractivity contribution in [2.24, 2.45) is 17.8 Å². The number of rotatable bonds is 10. The fourth-order valence-electron chi connectivity index (χ4n) is 4.63. The summed E-state index contributed by atoms with van der Waals surface area (Å²) in [5, 5.41) is 17.8. The van der Waals surface area contributed by atoms with Gasteiger partial charge in [-0.15, -0.1) is 11.3 Å². The predicted octanol–water partition coefficient (Wildman–Crippen LogP) is 4.97. The van der Waals surface area contributed by atoms with Crippen LogP contribution in [-0.2, 0) is 4.74 Å². The molecule has 0 aliphatic heterocycles. The number of ether oxygens (including phenoxy) is 1. The molecule has 0 saturated heterocycles. The summed E-state index contributed by atoms with van der Waals surface area (Å²) in [5.74, 6) is 2.59. The number of para-hydroxylation sites is 1. The molecular weight excluding hydrogens is 434 g/mol. The van der Waals surface area contributed by atoms with Gasteiger partial charge in [-0.3, -0.25) is 0 Å². The quantitative estimate of drug-likeness (QED) is 0.361. The van der Waals surface area contributed by atoms with E-state index in [0.717, 1.165) is 51.7 Å². The number of aromatic nitrogens is 3. The van der Waals surface area contributed by atoms with Crippen LogP contribution in [0.1, 0.15) is 39.3 Å². The Kier molecular flexibility index (Phi) is 7.78. The molecule has 2 heterocycles. The standard InChI is InChI=1S/C25H35N5O2S/c1-5-11-32-12-10-26-25-27-17(4)22(24-29-19-8-6-7-9-21(19)33-24)23(30-25)28-20-13-18(14-31)15(2)16(20)3/h6-9,15-16,18,20,31H,5,10-14H2,1-4H3,(H2,26,27,28,30)/t15-,16+,18+,20?/m0/s1. The largest absolute Gasteiger partial charge is 0.396 e. The molecular formula is C25H35N5O2S. The third-order valence-corrected chi connectivity index (χ3v) is 7.85. The number of aliphatic hydroxyl groups excluding tert-OH is 1. The van der Waals surface area contributed by atoms with Gasteiger partial charge in [0.05, 0.1) is 28.1 Å². The van der Waals surface area contributed by atoms with Crippen LogP contribution in [0.3, 0.4) is 0 Å². The fourth-order valence-corrected chi connectivity index (χ4v) is 5.69. The average Bonchev–Trinajstić information content (AvgIpc) is 3.34. The van der Waals surface area contributed by atoms with Gasteiger partial charge in [-0.25, -0.2) is 9.97 Å². The van der Waals surface area contributed by atoms with Crippen molar-refractivity contribution in [3.05, 3.63) is 30.0 Å². The molecule has 2 aromatic heterocycles. The van der Waals surface area contributed by atoms with Gasteiger partial charge in [0.1, 0.15) is 10.8 Å². The molecule has 7 nitrogen and oxygen atoms in total. The summed E-state index contributed by atoms with van der Waals surface area (Å²) in [6.45, 7) is 10.9. The highest BCUT2D eigenvalue weighted by Gasteiger charge is 2.38. The third kappa shape index (κ3) is 5.28. The number of hydrogen-bond donors (Lipinski definition) is 3. The summed E-state index contributed by atoms with van der Waals surface area (Å²) in [6.07, 6.45) is 1.93. The van der Waals surface area contributed by atoms with Gasteiger partial charge < -0.3 is 20.5 Å². The first-order valence-corrected chi connectivity index (χ1v) is 12.8. The molecule has 3 aromatic rings. The number of fused-ring (bicyclic) bond motifs is 1. The summed E-state index contributed by atoms with van der Waals surface area (Å²) < 4.78 is 6.73. The zero-order chi connectivity index (χ0) is 23.4. The molecule has 1 aliphatic rings. The maximum Gasteiger partial charge on any atom is 0.224 e. The second-order valence-corrected chi connectivity index (χ2v) is 10.1. The molecule has 0 bridgehead atoms. The van der Waals surface area contributed by atoms with Crippen molar-refractivity contribution in [1.29, 1.82) is 0 Å². The number of thiazole rings is 1. The van der Waals surface area contributed by atoms with Crippen molar-refractivity contribution in [2.75, 3.05) is 37.0 Å². The highest BCUT2D eigenvalue weighted by molar-refractivity contribution is 7.21. The molecule has 33 heavy (non-hydrogen) atoms. The minimum Gasteiger partial charge on any atom is -0.396 e. The van der Waals surface area contributed by atoms with E-state index in [-0.39, 0.29) is 12.6 Å². The molecule has 1 aromatic carbocycles. The molecule has 0 radical (unpaired) electrons. The second kappa shape index (κ2) is 10.8. The Morgan fingerprint density at radius 1 is 1.12 bits per heavy atom. The Bertz CT molecular complexity index is 1040. The van der Waals surface area contributed by atoms with E-state index in [1.165, 1.54) is 0 Å². The maximum absolute atomic E-state index is 9.81. The first-order valence-electron chi connectivity index (χ1n) is 11.9. The molecule has 0 spiro atoms.